The second-order valence-electron chi connectivity index (χ2n) is 6.49. The third kappa shape index (κ3) is 6.31. The van der Waals surface area contributed by atoms with Gasteiger partial charge in [0.2, 0.25) is 0 Å². The van der Waals surface area contributed by atoms with E-state index in [1.165, 1.54) is 18.5 Å². The Labute approximate surface area is 169 Å². The summed E-state index contributed by atoms with van der Waals surface area (Å²) in [5.41, 5.74) is 2.03. The Morgan fingerprint density at radius 1 is 1.21 bits per heavy atom. The molecular formula is C21H25FN6O. The Morgan fingerprint density at radius 3 is 2.76 bits per heavy atom. The van der Waals surface area contributed by atoms with Gasteiger partial charge in [0.1, 0.15) is 24.0 Å². The summed E-state index contributed by atoms with van der Waals surface area (Å²) in [6.07, 6.45) is 1.38. The second-order valence-corrected chi connectivity index (χ2v) is 6.49. The molecule has 0 saturated carbocycles. The molecule has 1 heterocycles. The van der Waals surface area contributed by atoms with Crippen LogP contribution in [-0.2, 0) is 6.54 Å². The molecule has 0 fully saturated rings. The van der Waals surface area contributed by atoms with Gasteiger partial charge in [0.15, 0.2) is 11.8 Å². The summed E-state index contributed by atoms with van der Waals surface area (Å²) in [6.45, 7) is 5.78. The summed E-state index contributed by atoms with van der Waals surface area (Å²) in [6, 6.07) is 14.0. The van der Waals surface area contributed by atoms with Crippen LogP contribution < -0.4 is 15.4 Å². The molecule has 3 aromatic rings. The first kappa shape index (κ1) is 20.3. The molecule has 8 heteroatoms. The maximum absolute atomic E-state index is 13.0. The number of aromatic amines is 1. The van der Waals surface area contributed by atoms with E-state index in [1.807, 2.05) is 38.1 Å². The lowest BCUT2D eigenvalue weighted by atomic mass is 10.1. The average Bonchev–Trinajstić information content (AvgIpc) is 3.27. The summed E-state index contributed by atoms with van der Waals surface area (Å²) < 4.78 is 18.8. The van der Waals surface area contributed by atoms with Crippen molar-refractivity contribution < 1.29 is 9.13 Å². The SMILES string of the molecule is CCNC(=NCc1cccc(-c2ncn[nH]2)c1)NCC(C)Oc1ccc(F)cc1. The Hall–Kier alpha value is -3.42. The highest BCUT2D eigenvalue weighted by atomic mass is 19.1. The van der Waals surface area contributed by atoms with Crippen LogP contribution in [0.2, 0.25) is 0 Å². The van der Waals surface area contributed by atoms with Gasteiger partial charge in [-0.15, -0.1) is 0 Å². The van der Waals surface area contributed by atoms with E-state index in [4.69, 9.17) is 4.74 Å². The molecule has 1 aromatic heterocycles. The second kappa shape index (κ2) is 10.2. The van der Waals surface area contributed by atoms with E-state index in [1.54, 1.807) is 12.1 Å². The Morgan fingerprint density at radius 2 is 2.03 bits per heavy atom. The summed E-state index contributed by atoms with van der Waals surface area (Å²) in [5.74, 6) is 1.78. The Bertz CT molecular complexity index is 911. The molecule has 0 aliphatic carbocycles. The van der Waals surface area contributed by atoms with Crippen LogP contribution in [0.5, 0.6) is 5.75 Å². The highest BCUT2D eigenvalue weighted by Crippen LogP contribution is 2.16. The largest absolute Gasteiger partial charge is 0.489 e. The number of H-pyrrole nitrogens is 1. The highest BCUT2D eigenvalue weighted by molar-refractivity contribution is 5.79. The quantitative estimate of drug-likeness (QED) is 0.402. The molecule has 3 N–H and O–H groups in total. The van der Waals surface area contributed by atoms with E-state index in [0.717, 1.165) is 23.5 Å². The molecule has 0 amide bonds. The van der Waals surface area contributed by atoms with E-state index >= 15 is 0 Å². The molecule has 29 heavy (non-hydrogen) atoms. The van der Waals surface area contributed by atoms with E-state index in [-0.39, 0.29) is 11.9 Å². The molecule has 0 spiro atoms. The molecule has 0 aliphatic rings. The molecular weight excluding hydrogens is 371 g/mol. The number of halogens is 1. The highest BCUT2D eigenvalue weighted by Gasteiger charge is 2.07. The molecule has 0 aliphatic heterocycles. The first-order chi connectivity index (χ1) is 14.1. The van der Waals surface area contributed by atoms with E-state index in [0.29, 0.717) is 24.8 Å². The van der Waals surface area contributed by atoms with Crippen LogP contribution >= 0.6 is 0 Å². The van der Waals surface area contributed by atoms with Crippen molar-refractivity contribution >= 4 is 5.96 Å². The van der Waals surface area contributed by atoms with Crippen molar-refractivity contribution in [1.82, 2.24) is 25.8 Å². The number of hydrogen-bond donors (Lipinski definition) is 3. The zero-order chi connectivity index (χ0) is 20.5. The van der Waals surface area contributed by atoms with Gasteiger partial charge in [-0.05, 0) is 49.7 Å². The lowest BCUT2D eigenvalue weighted by Gasteiger charge is -2.17. The van der Waals surface area contributed by atoms with Crippen molar-refractivity contribution in [2.24, 2.45) is 4.99 Å². The Kier molecular flexibility index (Phi) is 7.16. The van der Waals surface area contributed by atoms with Gasteiger partial charge < -0.3 is 15.4 Å². The van der Waals surface area contributed by atoms with Crippen LogP contribution in [0.15, 0.2) is 59.9 Å². The van der Waals surface area contributed by atoms with Crippen LogP contribution in [0, 0.1) is 5.82 Å². The fraction of sp³-hybridized carbons (Fsp3) is 0.286. The van der Waals surface area contributed by atoms with Gasteiger partial charge in [-0.3, -0.25) is 5.10 Å². The van der Waals surface area contributed by atoms with Gasteiger partial charge in [0.25, 0.3) is 0 Å². The third-order valence-electron chi connectivity index (χ3n) is 4.09. The first-order valence-electron chi connectivity index (χ1n) is 9.53. The lowest BCUT2D eigenvalue weighted by molar-refractivity contribution is 0.223. The number of rotatable bonds is 8. The van der Waals surface area contributed by atoms with E-state index < -0.39 is 0 Å². The average molecular weight is 396 g/mol. The maximum atomic E-state index is 13.0. The molecule has 2 aromatic carbocycles. The molecule has 1 atom stereocenters. The number of guanidine groups is 1. The summed E-state index contributed by atoms with van der Waals surface area (Å²) in [7, 11) is 0. The number of nitrogens with one attached hydrogen (secondary N) is 3. The number of aromatic nitrogens is 3. The lowest BCUT2D eigenvalue weighted by Crippen LogP contribution is -2.41. The Balaban J connectivity index is 1.57. The van der Waals surface area contributed by atoms with Crippen molar-refractivity contribution in [1.29, 1.82) is 0 Å². The van der Waals surface area contributed by atoms with Crippen molar-refractivity contribution in [2.75, 3.05) is 13.1 Å². The summed E-state index contributed by atoms with van der Waals surface area (Å²) in [4.78, 5) is 8.82. The maximum Gasteiger partial charge on any atom is 0.191 e. The van der Waals surface area contributed by atoms with Crippen molar-refractivity contribution in [3.8, 4) is 17.1 Å². The molecule has 152 valence electrons. The van der Waals surface area contributed by atoms with Gasteiger partial charge in [-0.1, -0.05) is 18.2 Å². The van der Waals surface area contributed by atoms with Crippen LogP contribution in [0.4, 0.5) is 4.39 Å². The van der Waals surface area contributed by atoms with Crippen molar-refractivity contribution in [3.05, 3.63) is 66.2 Å². The fourth-order valence-corrected chi connectivity index (χ4v) is 2.70. The van der Waals surface area contributed by atoms with Crippen LogP contribution in [0.3, 0.4) is 0 Å². The van der Waals surface area contributed by atoms with Gasteiger partial charge >= 0.3 is 0 Å². The monoisotopic (exact) mass is 396 g/mol. The summed E-state index contributed by atoms with van der Waals surface area (Å²) in [5, 5.41) is 13.3. The zero-order valence-corrected chi connectivity index (χ0v) is 16.5. The predicted octanol–water partition coefficient (Wildman–Crippen LogP) is 3.13. The smallest absolute Gasteiger partial charge is 0.191 e. The molecule has 0 radical (unpaired) electrons. The molecule has 0 saturated heterocycles. The van der Waals surface area contributed by atoms with Crippen molar-refractivity contribution in [3.63, 3.8) is 0 Å². The van der Waals surface area contributed by atoms with Crippen LogP contribution in [0.25, 0.3) is 11.4 Å². The minimum atomic E-state index is -0.280. The summed E-state index contributed by atoms with van der Waals surface area (Å²) >= 11 is 0. The normalized spacial score (nSPS) is 12.4. The number of benzene rings is 2. The van der Waals surface area contributed by atoms with Gasteiger partial charge in [-0.2, -0.15) is 5.10 Å². The van der Waals surface area contributed by atoms with Gasteiger partial charge in [0.05, 0.1) is 13.1 Å². The number of hydrogen-bond acceptors (Lipinski definition) is 4. The minimum absolute atomic E-state index is 0.112. The van der Waals surface area contributed by atoms with E-state index in [9.17, 15) is 4.39 Å². The van der Waals surface area contributed by atoms with Crippen LogP contribution in [0.1, 0.15) is 19.4 Å². The van der Waals surface area contributed by atoms with Crippen molar-refractivity contribution in [2.45, 2.75) is 26.5 Å². The van der Waals surface area contributed by atoms with E-state index in [2.05, 4.69) is 30.8 Å². The number of aliphatic imine (C=N–C) groups is 1. The van der Waals surface area contributed by atoms with Gasteiger partial charge in [-0.25, -0.2) is 14.4 Å². The van der Waals surface area contributed by atoms with Gasteiger partial charge in [0, 0.05) is 12.1 Å². The standard InChI is InChI=1S/C21H25FN6O/c1-3-23-21(24-12-15(2)29-19-9-7-18(22)8-10-19)25-13-16-5-4-6-17(11-16)20-26-14-27-28-20/h4-11,14-15H,3,12-13H2,1-2H3,(H2,23,24,25)(H,26,27,28). The first-order valence-corrected chi connectivity index (χ1v) is 9.53. The number of nitrogens with zero attached hydrogens (tertiary/aromatic N) is 3. The zero-order valence-electron chi connectivity index (χ0n) is 16.5. The topological polar surface area (TPSA) is 87.2 Å². The molecule has 1 unspecified atom stereocenters. The molecule has 0 bridgehead atoms. The number of ether oxygens (including phenoxy) is 1. The predicted molar refractivity (Wildman–Crippen MR) is 111 cm³/mol. The molecule has 3 rings (SSSR count). The minimum Gasteiger partial charge on any atom is -0.489 e. The third-order valence-corrected chi connectivity index (χ3v) is 4.09. The van der Waals surface area contributed by atoms with Crippen LogP contribution in [-0.4, -0.2) is 40.3 Å². The fourth-order valence-electron chi connectivity index (χ4n) is 2.70. The molecule has 7 nitrogen and oxygen atoms in total.